The Morgan fingerprint density at radius 3 is 2.83 bits per heavy atom. The van der Waals surface area contributed by atoms with E-state index in [2.05, 4.69) is 42.3 Å². The predicted molar refractivity (Wildman–Crippen MR) is 120 cm³/mol. The number of thioether (sulfide) groups is 1. The number of amides is 2. The van der Waals surface area contributed by atoms with Gasteiger partial charge in [-0.15, -0.1) is 0 Å². The normalized spacial score (nSPS) is 13.7. The first-order valence-electron chi connectivity index (χ1n) is 9.95. The van der Waals surface area contributed by atoms with Gasteiger partial charge in [0.1, 0.15) is 0 Å². The number of anilines is 2. The van der Waals surface area contributed by atoms with E-state index in [4.69, 9.17) is 0 Å². The number of hydrogen-bond donors (Lipinski definition) is 1. The zero-order valence-electron chi connectivity index (χ0n) is 17.1. The third-order valence-corrected chi connectivity index (χ3v) is 6.03. The van der Waals surface area contributed by atoms with E-state index in [0.29, 0.717) is 12.1 Å². The van der Waals surface area contributed by atoms with Gasteiger partial charge in [0.25, 0.3) is 0 Å². The fraction of sp³-hybridized carbons (Fsp3) is 0.261. The van der Waals surface area contributed by atoms with Gasteiger partial charge in [0.15, 0.2) is 5.16 Å². The first-order chi connectivity index (χ1) is 14.5. The van der Waals surface area contributed by atoms with Gasteiger partial charge < -0.3 is 10.2 Å². The lowest BCUT2D eigenvalue weighted by molar-refractivity contribution is -0.117. The van der Waals surface area contributed by atoms with Crippen LogP contribution >= 0.6 is 11.8 Å². The molecular weight excluding hydrogens is 396 g/mol. The summed E-state index contributed by atoms with van der Waals surface area (Å²) in [5.74, 6) is 0.266. The van der Waals surface area contributed by atoms with Crippen molar-refractivity contribution >= 4 is 35.0 Å². The highest BCUT2D eigenvalue weighted by Crippen LogP contribution is 2.26. The summed E-state index contributed by atoms with van der Waals surface area (Å²) >= 11 is 1.39. The number of carbonyl (C=O) groups is 2. The highest BCUT2D eigenvalue weighted by atomic mass is 32.2. The van der Waals surface area contributed by atoms with E-state index in [9.17, 15) is 9.59 Å². The summed E-state index contributed by atoms with van der Waals surface area (Å²) in [5, 5.41) is 3.70. The van der Waals surface area contributed by atoms with Crippen LogP contribution in [0.25, 0.3) is 5.69 Å². The quantitative estimate of drug-likeness (QED) is 0.602. The zero-order valence-corrected chi connectivity index (χ0v) is 17.9. The molecule has 154 valence electrons. The van der Waals surface area contributed by atoms with Crippen LogP contribution in [0, 0.1) is 13.8 Å². The Morgan fingerprint density at radius 2 is 2.07 bits per heavy atom. The van der Waals surface area contributed by atoms with Gasteiger partial charge >= 0.3 is 0 Å². The van der Waals surface area contributed by atoms with Gasteiger partial charge in [-0.05, 0) is 50.1 Å². The molecule has 3 aromatic rings. The van der Waals surface area contributed by atoms with E-state index >= 15 is 0 Å². The molecule has 0 saturated carbocycles. The molecule has 0 atom stereocenters. The second kappa shape index (κ2) is 8.75. The Bertz CT molecular complexity index is 1090. The standard InChI is InChI=1S/C23H24N4O2S/c1-16-8-9-20(17(2)13-16)27-12-10-24-23(27)30-15-21(28)25-18-5-3-6-19(14-18)26-11-4-7-22(26)29/h3,5-6,8-10,12-14H,4,7,11,15H2,1-2H3,(H,25,28). The van der Waals surface area contributed by atoms with Gasteiger partial charge in [-0.3, -0.25) is 14.2 Å². The molecule has 4 rings (SSSR count). The van der Waals surface area contributed by atoms with Crippen LogP contribution in [-0.2, 0) is 9.59 Å². The molecule has 30 heavy (non-hydrogen) atoms. The number of nitrogens with zero attached hydrogens (tertiary/aromatic N) is 3. The lowest BCUT2D eigenvalue weighted by atomic mass is 10.1. The predicted octanol–water partition coefficient (Wildman–Crippen LogP) is 4.35. The van der Waals surface area contributed by atoms with E-state index in [1.807, 2.05) is 35.0 Å². The van der Waals surface area contributed by atoms with Crippen LogP contribution in [0.5, 0.6) is 0 Å². The molecule has 6 nitrogen and oxygen atoms in total. The van der Waals surface area contributed by atoms with Crippen LogP contribution in [0.15, 0.2) is 60.0 Å². The monoisotopic (exact) mass is 420 g/mol. The number of carbonyl (C=O) groups excluding carboxylic acids is 2. The van der Waals surface area contributed by atoms with Crippen molar-refractivity contribution in [2.75, 3.05) is 22.5 Å². The smallest absolute Gasteiger partial charge is 0.234 e. The molecule has 0 radical (unpaired) electrons. The highest BCUT2D eigenvalue weighted by Gasteiger charge is 2.21. The number of benzene rings is 2. The maximum Gasteiger partial charge on any atom is 0.234 e. The molecule has 0 aliphatic carbocycles. The minimum Gasteiger partial charge on any atom is -0.325 e. The van der Waals surface area contributed by atoms with Crippen LogP contribution in [0.1, 0.15) is 24.0 Å². The molecule has 1 aromatic heterocycles. The van der Waals surface area contributed by atoms with Crippen molar-refractivity contribution in [1.82, 2.24) is 9.55 Å². The number of nitrogens with one attached hydrogen (secondary N) is 1. The summed E-state index contributed by atoms with van der Waals surface area (Å²) in [4.78, 5) is 30.7. The van der Waals surface area contributed by atoms with E-state index < -0.39 is 0 Å². The fourth-order valence-corrected chi connectivity index (χ4v) is 4.42. The van der Waals surface area contributed by atoms with E-state index in [-0.39, 0.29) is 17.6 Å². The molecular formula is C23H24N4O2S. The van der Waals surface area contributed by atoms with Crippen molar-refractivity contribution in [1.29, 1.82) is 0 Å². The number of imidazole rings is 1. The summed E-state index contributed by atoms with van der Waals surface area (Å²) in [7, 11) is 0. The molecule has 0 spiro atoms. The van der Waals surface area contributed by atoms with E-state index in [1.165, 1.54) is 17.3 Å². The fourth-order valence-electron chi connectivity index (χ4n) is 3.66. The van der Waals surface area contributed by atoms with Gasteiger partial charge in [-0.2, -0.15) is 0 Å². The number of aryl methyl sites for hydroxylation is 2. The third-order valence-electron chi connectivity index (χ3n) is 5.07. The molecule has 1 saturated heterocycles. The van der Waals surface area contributed by atoms with Crippen LogP contribution in [-0.4, -0.2) is 33.7 Å². The summed E-state index contributed by atoms with van der Waals surface area (Å²) in [5.41, 5.74) is 4.95. The number of aromatic nitrogens is 2. The molecule has 7 heteroatoms. The summed E-state index contributed by atoms with van der Waals surface area (Å²) in [6.07, 6.45) is 5.12. The van der Waals surface area contributed by atoms with E-state index in [0.717, 1.165) is 35.1 Å². The minimum atomic E-state index is -0.111. The molecule has 1 aliphatic heterocycles. The number of hydrogen-bond acceptors (Lipinski definition) is 4. The maximum atomic E-state index is 12.5. The lowest BCUT2D eigenvalue weighted by Gasteiger charge is -2.16. The van der Waals surface area contributed by atoms with Crippen molar-refractivity contribution in [3.8, 4) is 5.69 Å². The first kappa shape index (κ1) is 20.2. The Hall–Kier alpha value is -3.06. The summed E-state index contributed by atoms with van der Waals surface area (Å²) < 4.78 is 2.01. The molecule has 1 N–H and O–H groups in total. The molecule has 2 heterocycles. The third kappa shape index (κ3) is 4.41. The second-order valence-electron chi connectivity index (χ2n) is 7.41. The summed E-state index contributed by atoms with van der Waals surface area (Å²) in [6, 6.07) is 13.7. The number of rotatable bonds is 6. The second-order valence-corrected chi connectivity index (χ2v) is 8.35. The van der Waals surface area contributed by atoms with Gasteiger partial charge in [-0.25, -0.2) is 4.98 Å². The molecule has 0 unspecified atom stereocenters. The van der Waals surface area contributed by atoms with Gasteiger partial charge in [-0.1, -0.05) is 35.5 Å². The largest absolute Gasteiger partial charge is 0.325 e. The Kier molecular flexibility index (Phi) is 5.90. The molecule has 1 fully saturated rings. The van der Waals surface area contributed by atoms with Crippen molar-refractivity contribution in [2.45, 2.75) is 31.8 Å². The summed E-state index contributed by atoms with van der Waals surface area (Å²) in [6.45, 7) is 4.87. The van der Waals surface area contributed by atoms with Gasteiger partial charge in [0.05, 0.1) is 11.4 Å². The Morgan fingerprint density at radius 1 is 1.20 bits per heavy atom. The highest BCUT2D eigenvalue weighted by molar-refractivity contribution is 7.99. The zero-order chi connectivity index (χ0) is 21.1. The topological polar surface area (TPSA) is 67.2 Å². The van der Waals surface area contributed by atoms with Crippen molar-refractivity contribution in [2.24, 2.45) is 0 Å². The first-order valence-corrected chi connectivity index (χ1v) is 10.9. The maximum absolute atomic E-state index is 12.5. The Labute approximate surface area is 180 Å². The van der Waals surface area contributed by atoms with E-state index in [1.54, 1.807) is 11.1 Å². The molecule has 1 aliphatic rings. The lowest BCUT2D eigenvalue weighted by Crippen LogP contribution is -2.23. The van der Waals surface area contributed by atoms with Crippen LogP contribution in [0.2, 0.25) is 0 Å². The SMILES string of the molecule is Cc1ccc(-n2ccnc2SCC(=O)Nc2cccc(N3CCCC3=O)c2)c(C)c1. The van der Waals surface area contributed by atoms with Gasteiger partial charge in [0.2, 0.25) is 11.8 Å². The minimum absolute atomic E-state index is 0.111. The molecule has 2 aromatic carbocycles. The van der Waals surface area contributed by atoms with Crippen molar-refractivity contribution in [3.05, 3.63) is 66.0 Å². The average Bonchev–Trinajstić information content (AvgIpc) is 3.35. The Balaban J connectivity index is 1.41. The van der Waals surface area contributed by atoms with Crippen LogP contribution in [0.3, 0.4) is 0 Å². The van der Waals surface area contributed by atoms with Gasteiger partial charge in [0, 0.05) is 36.7 Å². The molecule has 0 bridgehead atoms. The average molecular weight is 421 g/mol. The van der Waals surface area contributed by atoms with Crippen LogP contribution < -0.4 is 10.2 Å². The van der Waals surface area contributed by atoms with Crippen molar-refractivity contribution < 1.29 is 9.59 Å². The van der Waals surface area contributed by atoms with Crippen LogP contribution in [0.4, 0.5) is 11.4 Å². The molecule has 2 amide bonds. The van der Waals surface area contributed by atoms with Crippen molar-refractivity contribution in [3.63, 3.8) is 0 Å².